The summed E-state index contributed by atoms with van der Waals surface area (Å²) in [7, 11) is 4.07. The Morgan fingerprint density at radius 2 is 2.11 bits per heavy atom. The first-order valence-corrected chi connectivity index (χ1v) is 6.78. The third-order valence-corrected chi connectivity index (χ3v) is 2.80. The van der Waals surface area contributed by atoms with Gasteiger partial charge in [-0.25, -0.2) is 0 Å². The summed E-state index contributed by atoms with van der Waals surface area (Å²) in [5.41, 5.74) is 1.12. The number of nitrogens with one attached hydrogen (secondary N) is 1. The highest BCUT2D eigenvalue weighted by Gasteiger charge is 2.04. The third kappa shape index (κ3) is 5.71. The Balaban J connectivity index is 2.58. The predicted octanol–water partition coefficient (Wildman–Crippen LogP) is 2.78. The van der Waals surface area contributed by atoms with Gasteiger partial charge < -0.3 is 15.0 Å². The molecule has 0 aliphatic heterocycles. The quantitative estimate of drug-likeness (QED) is 0.735. The van der Waals surface area contributed by atoms with Gasteiger partial charge in [-0.05, 0) is 45.3 Å². The molecule has 0 saturated carbocycles. The minimum Gasteiger partial charge on any atom is -0.492 e. The summed E-state index contributed by atoms with van der Waals surface area (Å²) in [5.74, 6) is 0.921. The zero-order valence-corrected chi connectivity index (χ0v) is 12.3. The van der Waals surface area contributed by atoms with Gasteiger partial charge in [0, 0.05) is 23.7 Å². The number of hydrogen-bond acceptors (Lipinski definition) is 3. The second-order valence-corrected chi connectivity index (χ2v) is 5.02. The second-order valence-electron chi connectivity index (χ2n) is 4.58. The van der Waals surface area contributed by atoms with E-state index in [1.54, 1.807) is 0 Å². The Morgan fingerprint density at radius 3 is 2.78 bits per heavy atom. The molecule has 0 aromatic heterocycles. The van der Waals surface area contributed by atoms with Crippen LogP contribution in [0.15, 0.2) is 18.2 Å². The van der Waals surface area contributed by atoms with Gasteiger partial charge in [0.1, 0.15) is 12.4 Å². The molecule has 1 N–H and O–H groups in total. The fraction of sp³-hybridized carbons (Fsp3) is 0.571. The van der Waals surface area contributed by atoms with Gasteiger partial charge in [-0.15, -0.1) is 0 Å². The van der Waals surface area contributed by atoms with Crippen molar-refractivity contribution in [2.45, 2.75) is 19.9 Å². The van der Waals surface area contributed by atoms with Crippen LogP contribution in [0.1, 0.15) is 18.9 Å². The first kappa shape index (κ1) is 15.3. The zero-order valence-electron chi connectivity index (χ0n) is 11.5. The van der Waals surface area contributed by atoms with E-state index in [-0.39, 0.29) is 0 Å². The van der Waals surface area contributed by atoms with Gasteiger partial charge in [0.25, 0.3) is 0 Å². The highest BCUT2D eigenvalue weighted by atomic mass is 35.5. The summed E-state index contributed by atoms with van der Waals surface area (Å²) < 4.78 is 5.79. The van der Waals surface area contributed by atoms with Gasteiger partial charge in [0.2, 0.25) is 0 Å². The number of likely N-dealkylation sites (N-methyl/N-ethyl adjacent to an activating group) is 1. The van der Waals surface area contributed by atoms with Crippen LogP contribution in [0, 0.1) is 0 Å². The Labute approximate surface area is 115 Å². The molecule has 3 nitrogen and oxygen atoms in total. The van der Waals surface area contributed by atoms with Crippen molar-refractivity contribution in [2.24, 2.45) is 0 Å². The fourth-order valence-electron chi connectivity index (χ4n) is 1.56. The molecule has 0 amide bonds. The molecule has 102 valence electrons. The van der Waals surface area contributed by atoms with Gasteiger partial charge in [0.05, 0.1) is 0 Å². The van der Waals surface area contributed by atoms with Crippen molar-refractivity contribution < 1.29 is 4.74 Å². The summed E-state index contributed by atoms with van der Waals surface area (Å²) in [6.45, 7) is 5.55. The first-order chi connectivity index (χ1) is 8.63. The van der Waals surface area contributed by atoms with E-state index < -0.39 is 0 Å². The largest absolute Gasteiger partial charge is 0.492 e. The van der Waals surface area contributed by atoms with Crippen molar-refractivity contribution in [3.05, 3.63) is 28.8 Å². The standard InChI is InChI=1S/C14H23ClN2O/c1-4-7-16-11-12-10-13(15)5-6-14(12)18-9-8-17(2)3/h5-6,10,16H,4,7-9,11H2,1-3H3. The normalized spacial score (nSPS) is 10.9. The summed E-state index contributed by atoms with van der Waals surface area (Å²) >= 11 is 6.02. The molecule has 0 heterocycles. The van der Waals surface area contributed by atoms with Gasteiger partial charge in [-0.1, -0.05) is 18.5 Å². The lowest BCUT2D eigenvalue weighted by molar-refractivity contribution is 0.259. The van der Waals surface area contributed by atoms with Crippen molar-refractivity contribution >= 4 is 11.6 Å². The topological polar surface area (TPSA) is 24.5 Å². The van der Waals surface area contributed by atoms with E-state index in [1.807, 2.05) is 32.3 Å². The minimum absolute atomic E-state index is 0.690. The van der Waals surface area contributed by atoms with Gasteiger partial charge >= 0.3 is 0 Å². The fourth-order valence-corrected chi connectivity index (χ4v) is 1.76. The van der Waals surface area contributed by atoms with Crippen LogP contribution < -0.4 is 10.1 Å². The Kier molecular flexibility index (Phi) is 7.09. The summed E-state index contributed by atoms with van der Waals surface area (Å²) in [4.78, 5) is 2.10. The smallest absolute Gasteiger partial charge is 0.123 e. The average molecular weight is 271 g/mol. The molecule has 18 heavy (non-hydrogen) atoms. The highest BCUT2D eigenvalue weighted by Crippen LogP contribution is 2.22. The lowest BCUT2D eigenvalue weighted by Crippen LogP contribution is -2.20. The van der Waals surface area contributed by atoms with Crippen LogP contribution in [0.25, 0.3) is 0 Å². The maximum Gasteiger partial charge on any atom is 0.123 e. The van der Waals surface area contributed by atoms with Gasteiger partial charge in [-0.2, -0.15) is 0 Å². The van der Waals surface area contributed by atoms with Crippen LogP contribution in [0.3, 0.4) is 0 Å². The van der Waals surface area contributed by atoms with Gasteiger partial charge in [0.15, 0.2) is 0 Å². The van der Waals surface area contributed by atoms with Crippen LogP contribution in [-0.2, 0) is 6.54 Å². The number of nitrogens with zero attached hydrogens (tertiary/aromatic N) is 1. The molecule has 0 unspecified atom stereocenters. The van der Waals surface area contributed by atoms with E-state index in [0.29, 0.717) is 6.61 Å². The number of benzene rings is 1. The summed E-state index contributed by atoms with van der Waals surface area (Å²) in [6, 6.07) is 5.78. The van der Waals surface area contributed by atoms with Crippen LogP contribution in [0.5, 0.6) is 5.75 Å². The zero-order chi connectivity index (χ0) is 13.4. The van der Waals surface area contributed by atoms with Crippen molar-refractivity contribution in [3.8, 4) is 5.75 Å². The molecule has 0 radical (unpaired) electrons. The molecule has 4 heteroatoms. The Bertz CT molecular complexity index is 356. The van der Waals surface area contributed by atoms with Crippen molar-refractivity contribution in [2.75, 3.05) is 33.8 Å². The maximum absolute atomic E-state index is 6.02. The number of rotatable bonds is 8. The number of hydrogen-bond donors (Lipinski definition) is 1. The summed E-state index contributed by atoms with van der Waals surface area (Å²) in [5, 5.41) is 4.12. The molecule has 1 aromatic rings. The van der Waals surface area contributed by atoms with E-state index in [1.165, 1.54) is 0 Å². The Hall–Kier alpha value is -0.770. The molecular formula is C14H23ClN2O. The molecule has 0 bridgehead atoms. The SMILES string of the molecule is CCCNCc1cc(Cl)ccc1OCCN(C)C. The van der Waals surface area contributed by atoms with E-state index in [4.69, 9.17) is 16.3 Å². The third-order valence-electron chi connectivity index (χ3n) is 2.56. The van der Waals surface area contributed by atoms with Gasteiger partial charge in [-0.3, -0.25) is 0 Å². The lowest BCUT2D eigenvalue weighted by atomic mass is 10.2. The summed E-state index contributed by atoms with van der Waals surface area (Å²) in [6.07, 6.45) is 1.12. The maximum atomic E-state index is 6.02. The molecule has 0 aliphatic rings. The van der Waals surface area contributed by atoms with Crippen LogP contribution in [0.2, 0.25) is 5.02 Å². The molecule has 0 atom stereocenters. The molecule has 0 fully saturated rings. The molecule has 0 saturated heterocycles. The van der Waals surface area contributed by atoms with Crippen LogP contribution in [-0.4, -0.2) is 38.7 Å². The van der Waals surface area contributed by atoms with E-state index >= 15 is 0 Å². The van der Waals surface area contributed by atoms with Crippen molar-refractivity contribution in [3.63, 3.8) is 0 Å². The molecule has 0 aliphatic carbocycles. The minimum atomic E-state index is 0.690. The first-order valence-electron chi connectivity index (χ1n) is 6.40. The number of ether oxygens (including phenoxy) is 1. The van der Waals surface area contributed by atoms with E-state index in [0.717, 1.165) is 42.4 Å². The van der Waals surface area contributed by atoms with Crippen molar-refractivity contribution in [1.29, 1.82) is 0 Å². The highest BCUT2D eigenvalue weighted by molar-refractivity contribution is 6.30. The average Bonchev–Trinajstić information content (AvgIpc) is 2.32. The molecule has 0 spiro atoms. The molecule has 1 rings (SSSR count). The monoisotopic (exact) mass is 270 g/mol. The predicted molar refractivity (Wildman–Crippen MR) is 77.5 cm³/mol. The van der Waals surface area contributed by atoms with Crippen molar-refractivity contribution in [1.82, 2.24) is 10.2 Å². The molecular weight excluding hydrogens is 248 g/mol. The van der Waals surface area contributed by atoms with Crippen LogP contribution in [0.4, 0.5) is 0 Å². The van der Waals surface area contributed by atoms with E-state index in [9.17, 15) is 0 Å². The van der Waals surface area contributed by atoms with E-state index in [2.05, 4.69) is 17.1 Å². The second kappa shape index (κ2) is 8.35. The number of halogens is 1. The lowest BCUT2D eigenvalue weighted by Gasteiger charge is -2.14. The molecule has 1 aromatic carbocycles. The Morgan fingerprint density at radius 1 is 1.33 bits per heavy atom. The van der Waals surface area contributed by atoms with Crippen LogP contribution >= 0.6 is 11.6 Å².